The molecule has 0 radical (unpaired) electrons. The average Bonchev–Trinajstić information content (AvgIpc) is 3.13. The van der Waals surface area contributed by atoms with Gasteiger partial charge < -0.3 is 15.7 Å². The molecule has 0 saturated heterocycles. The molecule has 1 aliphatic carbocycles. The molecule has 0 spiro atoms. The van der Waals surface area contributed by atoms with Crippen molar-refractivity contribution in [1.29, 1.82) is 0 Å². The van der Waals surface area contributed by atoms with Crippen LogP contribution in [-0.4, -0.2) is 29.6 Å². The van der Waals surface area contributed by atoms with Gasteiger partial charge in [-0.15, -0.1) is 11.3 Å². The van der Waals surface area contributed by atoms with Gasteiger partial charge in [-0.05, 0) is 49.3 Å². The first-order valence-corrected chi connectivity index (χ1v) is 10.2. The summed E-state index contributed by atoms with van der Waals surface area (Å²) in [4.78, 5) is 10.1. The molecule has 0 unspecified atom stereocenters. The van der Waals surface area contributed by atoms with Crippen molar-refractivity contribution in [2.75, 3.05) is 13.6 Å². The Morgan fingerprint density at radius 3 is 2.88 bits per heavy atom. The zero-order chi connectivity index (χ0) is 18.4. The Bertz CT molecular complexity index is 769. The summed E-state index contributed by atoms with van der Waals surface area (Å²) in [6.07, 6.45) is 8.50. The zero-order valence-electron chi connectivity index (χ0n) is 15.6. The van der Waals surface area contributed by atoms with Gasteiger partial charge in [0.15, 0.2) is 5.96 Å². The van der Waals surface area contributed by atoms with Crippen LogP contribution in [0, 0.1) is 0 Å². The molecule has 140 valence electrons. The van der Waals surface area contributed by atoms with Crippen LogP contribution in [0.15, 0.2) is 23.3 Å². The van der Waals surface area contributed by atoms with Gasteiger partial charge in [-0.25, -0.2) is 4.98 Å². The van der Waals surface area contributed by atoms with Crippen molar-refractivity contribution in [3.63, 3.8) is 0 Å². The number of phenols is 1. The van der Waals surface area contributed by atoms with Gasteiger partial charge in [0.2, 0.25) is 0 Å². The lowest BCUT2D eigenvalue weighted by Gasteiger charge is -2.21. The molecule has 0 amide bonds. The molecule has 2 aromatic rings. The van der Waals surface area contributed by atoms with E-state index in [2.05, 4.69) is 33.6 Å². The van der Waals surface area contributed by atoms with Crippen LogP contribution in [0.3, 0.4) is 0 Å². The third kappa shape index (κ3) is 4.55. The Labute approximate surface area is 159 Å². The van der Waals surface area contributed by atoms with E-state index in [0.29, 0.717) is 12.3 Å². The highest BCUT2D eigenvalue weighted by Gasteiger charge is 2.16. The van der Waals surface area contributed by atoms with Gasteiger partial charge in [0, 0.05) is 43.2 Å². The standard InChI is InChI=1S/C20H28N4OS/c1-3-15-12-23-19(26-15)10-11-22-20(21-2)24-13-17-16-7-5-4-6-14(16)8-9-18(17)25/h8-9,12,25H,3-7,10-11,13H2,1-2H3,(H2,21,22,24). The van der Waals surface area contributed by atoms with E-state index < -0.39 is 0 Å². The normalized spacial score (nSPS) is 14.2. The summed E-state index contributed by atoms with van der Waals surface area (Å²) in [6, 6.07) is 3.89. The fourth-order valence-electron chi connectivity index (χ4n) is 3.40. The van der Waals surface area contributed by atoms with Gasteiger partial charge in [-0.2, -0.15) is 0 Å². The maximum absolute atomic E-state index is 10.3. The molecule has 0 bridgehead atoms. The monoisotopic (exact) mass is 372 g/mol. The molecule has 5 nitrogen and oxygen atoms in total. The van der Waals surface area contributed by atoms with E-state index in [1.54, 1.807) is 18.4 Å². The van der Waals surface area contributed by atoms with Crippen molar-refractivity contribution >= 4 is 17.3 Å². The number of hydrogen-bond donors (Lipinski definition) is 3. The predicted molar refractivity (Wildman–Crippen MR) is 108 cm³/mol. The second kappa shape index (κ2) is 9.03. The maximum atomic E-state index is 10.3. The van der Waals surface area contributed by atoms with Crippen LogP contribution in [0.25, 0.3) is 0 Å². The second-order valence-corrected chi connectivity index (χ2v) is 7.78. The number of hydrogen-bond acceptors (Lipinski definition) is 4. The number of guanidine groups is 1. The minimum absolute atomic E-state index is 0.378. The number of phenolic OH excluding ortho intramolecular Hbond substituents is 1. The third-order valence-corrected chi connectivity index (χ3v) is 6.07. The van der Waals surface area contributed by atoms with Crippen molar-refractivity contribution in [3.8, 4) is 5.75 Å². The fourth-order valence-corrected chi connectivity index (χ4v) is 4.26. The molecular weight excluding hydrogens is 344 g/mol. The van der Waals surface area contributed by atoms with Crippen LogP contribution < -0.4 is 10.6 Å². The van der Waals surface area contributed by atoms with Crippen molar-refractivity contribution < 1.29 is 5.11 Å². The van der Waals surface area contributed by atoms with E-state index in [9.17, 15) is 5.11 Å². The quantitative estimate of drug-likeness (QED) is 0.538. The van der Waals surface area contributed by atoms with Gasteiger partial charge in [0.1, 0.15) is 5.75 Å². The molecule has 26 heavy (non-hydrogen) atoms. The van der Waals surface area contributed by atoms with Crippen molar-refractivity contribution in [2.24, 2.45) is 4.99 Å². The van der Waals surface area contributed by atoms with Crippen LogP contribution in [0.5, 0.6) is 5.75 Å². The lowest BCUT2D eigenvalue weighted by atomic mass is 9.88. The summed E-state index contributed by atoms with van der Waals surface area (Å²) < 4.78 is 0. The maximum Gasteiger partial charge on any atom is 0.191 e. The van der Waals surface area contributed by atoms with E-state index >= 15 is 0 Å². The lowest BCUT2D eigenvalue weighted by molar-refractivity contribution is 0.464. The van der Waals surface area contributed by atoms with Gasteiger partial charge in [0.25, 0.3) is 0 Å². The van der Waals surface area contributed by atoms with E-state index in [1.807, 2.05) is 12.3 Å². The summed E-state index contributed by atoms with van der Waals surface area (Å²) >= 11 is 1.78. The Hall–Kier alpha value is -2.08. The summed E-state index contributed by atoms with van der Waals surface area (Å²) in [6.45, 7) is 3.53. The lowest BCUT2D eigenvalue weighted by Crippen LogP contribution is -2.38. The topological polar surface area (TPSA) is 69.5 Å². The van der Waals surface area contributed by atoms with E-state index in [4.69, 9.17) is 0 Å². The van der Waals surface area contributed by atoms with E-state index in [0.717, 1.165) is 48.8 Å². The molecule has 0 atom stereocenters. The van der Waals surface area contributed by atoms with Crippen LogP contribution in [0.4, 0.5) is 0 Å². The number of aromatic hydroxyl groups is 1. The molecule has 0 saturated carbocycles. The summed E-state index contributed by atoms with van der Waals surface area (Å²) in [5, 5.41) is 18.1. The Morgan fingerprint density at radius 2 is 2.12 bits per heavy atom. The van der Waals surface area contributed by atoms with Gasteiger partial charge in [-0.3, -0.25) is 4.99 Å². The SMILES string of the molecule is CCc1cnc(CCNC(=NC)NCc2c(O)ccc3c2CCCC3)s1. The molecule has 0 fully saturated rings. The molecule has 1 aromatic heterocycles. The van der Waals surface area contributed by atoms with E-state index in [1.165, 1.54) is 28.8 Å². The smallest absolute Gasteiger partial charge is 0.191 e. The molecule has 1 aliphatic rings. The van der Waals surface area contributed by atoms with Crippen molar-refractivity contribution in [2.45, 2.75) is 52.0 Å². The Kier molecular flexibility index (Phi) is 6.50. The first-order chi connectivity index (χ1) is 12.7. The van der Waals surface area contributed by atoms with Crippen LogP contribution in [0.1, 0.15) is 46.3 Å². The van der Waals surface area contributed by atoms with E-state index in [-0.39, 0.29) is 0 Å². The number of aromatic nitrogens is 1. The average molecular weight is 373 g/mol. The number of rotatable bonds is 6. The summed E-state index contributed by atoms with van der Waals surface area (Å²) in [7, 11) is 1.77. The van der Waals surface area contributed by atoms with Crippen LogP contribution >= 0.6 is 11.3 Å². The summed E-state index contributed by atoms with van der Waals surface area (Å²) in [5.41, 5.74) is 3.70. The fraction of sp³-hybridized carbons (Fsp3) is 0.500. The number of fused-ring (bicyclic) bond motifs is 1. The molecule has 6 heteroatoms. The number of aryl methyl sites for hydroxylation is 2. The molecule has 3 N–H and O–H groups in total. The highest BCUT2D eigenvalue weighted by molar-refractivity contribution is 7.11. The second-order valence-electron chi connectivity index (χ2n) is 6.58. The zero-order valence-corrected chi connectivity index (χ0v) is 16.5. The highest BCUT2D eigenvalue weighted by atomic mass is 32.1. The van der Waals surface area contributed by atoms with Gasteiger partial charge >= 0.3 is 0 Å². The molecule has 0 aliphatic heterocycles. The van der Waals surface area contributed by atoms with Crippen LogP contribution in [-0.2, 0) is 32.2 Å². The number of benzene rings is 1. The van der Waals surface area contributed by atoms with Gasteiger partial charge in [-0.1, -0.05) is 13.0 Å². The van der Waals surface area contributed by atoms with Crippen molar-refractivity contribution in [3.05, 3.63) is 44.9 Å². The number of aliphatic imine (C=N–C) groups is 1. The van der Waals surface area contributed by atoms with Gasteiger partial charge in [0.05, 0.1) is 5.01 Å². The minimum Gasteiger partial charge on any atom is -0.508 e. The molecule has 1 heterocycles. The summed E-state index contributed by atoms with van der Waals surface area (Å²) in [5.74, 6) is 1.13. The third-order valence-electron chi connectivity index (χ3n) is 4.86. The number of nitrogens with one attached hydrogen (secondary N) is 2. The number of thiazole rings is 1. The first kappa shape index (κ1) is 18.7. The first-order valence-electron chi connectivity index (χ1n) is 9.42. The molecular formula is C20H28N4OS. The predicted octanol–water partition coefficient (Wildman–Crippen LogP) is 3.20. The Balaban J connectivity index is 1.54. The largest absolute Gasteiger partial charge is 0.508 e. The molecule has 1 aromatic carbocycles. The minimum atomic E-state index is 0.378. The number of nitrogens with zero attached hydrogens (tertiary/aromatic N) is 2. The van der Waals surface area contributed by atoms with Crippen molar-refractivity contribution in [1.82, 2.24) is 15.6 Å². The Morgan fingerprint density at radius 1 is 1.27 bits per heavy atom. The molecule has 3 rings (SSSR count). The highest BCUT2D eigenvalue weighted by Crippen LogP contribution is 2.30. The van der Waals surface area contributed by atoms with Crippen LogP contribution in [0.2, 0.25) is 0 Å².